The lowest BCUT2D eigenvalue weighted by molar-refractivity contribution is -0.158. The molecule has 1 aromatic carbocycles. The minimum Gasteiger partial charge on any atom is -0.455 e. The van der Waals surface area contributed by atoms with Gasteiger partial charge in [-0.1, -0.05) is 0 Å². The number of nitrogens with one attached hydrogen (secondary N) is 2. The Morgan fingerprint density at radius 3 is 2.50 bits per heavy atom. The lowest BCUT2D eigenvalue weighted by atomic mass is 10.1. The second kappa shape index (κ2) is 7.92. The number of anilines is 2. The third kappa shape index (κ3) is 4.04. The van der Waals surface area contributed by atoms with E-state index in [1.807, 2.05) is 11.8 Å². The number of fused-ring (bicyclic) bond motifs is 1. The van der Waals surface area contributed by atoms with E-state index in [-0.39, 0.29) is 22.7 Å². The lowest BCUT2D eigenvalue weighted by Gasteiger charge is -2.38. The fourth-order valence-electron chi connectivity index (χ4n) is 3.48. The zero-order valence-corrected chi connectivity index (χ0v) is 16.9. The number of furan rings is 1. The highest BCUT2D eigenvalue weighted by Gasteiger charge is 2.45. The van der Waals surface area contributed by atoms with Gasteiger partial charge in [0.05, 0.1) is 18.1 Å². The van der Waals surface area contributed by atoms with E-state index in [4.69, 9.17) is 4.42 Å². The first-order chi connectivity index (χ1) is 15.0. The fraction of sp³-hybridized carbons (Fsp3) is 0.350. The van der Waals surface area contributed by atoms with Crippen LogP contribution < -0.4 is 15.5 Å². The zero-order chi connectivity index (χ0) is 23.2. The topological polar surface area (TPSA) is 83.3 Å². The Morgan fingerprint density at radius 2 is 1.94 bits per heavy atom. The maximum Gasteiger partial charge on any atom is 0.416 e. The summed E-state index contributed by atoms with van der Waals surface area (Å²) in [4.78, 5) is 22.4. The number of nitrogens with zero attached hydrogens (tertiary/aromatic N) is 3. The number of carbonyl (C=O) groups is 1. The van der Waals surface area contributed by atoms with E-state index in [2.05, 4.69) is 15.3 Å². The molecule has 4 rings (SSSR count). The van der Waals surface area contributed by atoms with Crippen LogP contribution in [0, 0.1) is 18.6 Å². The number of aromatic nitrogens is 2. The molecule has 32 heavy (non-hydrogen) atoms. The summed E-state index contributed by atoms with van der Waals surface area (Å²) in [7, 11) is 0. The average molecular weight is 455 g/mol. The molecule has 2 atom stereocenters. The van der Waals surface area contributed by atoms with Crippen LogP contribution in [-0.2, 0) is 0 Å². The van der Waals surface area contributed by atoms with Crippen molar-refractivity contribution in [2.45, 2.75) is 38.5 Å². The number of benzene rings is 1. The van der Waals surface area contributed by atoms with Crippen LogP contribution in [0.25, 0.3) is 11.0 Å². The van der Waals surface area contributed by atoms with Gasteiger partial charge >= 0.3 is 12.2 Å². The summed E-state index contributed by atoms with van der Waals surface area (Å²) in [5, 5.41) is 3.85. The third-order valence-corrected chi connectivity index (χ3v) is 5.33. The number of hydrogen-bond acceptors (Lipinski definition) is 5. The van der Waals surface area contributed by atoms with E-state index in [0.29, 0.717) is 12.0 Å². The van der Waals surface area contributed by atoms with Crippen molar-refractivity contribution >= 4 is 28.6 Å². The van der Waals surface area contributed by atoms with Gasteiger partial charge in [0.15, 0.2) is 17.4 Å². The molecule has 0 bridgehead atoms. The first-order valence-electron chi connectivity index (χ1n) is 9.65. The molecule has 3 aromatic rings. The smallest absolute Gasteiger partial charge is 0.416 e. The molecule has 0 saturated carbocycles. The molecule has 0 aliphatic carbocycles. The normalized spacial score (nSPS) is 17.2. The molecule has 2 N–H and O–H groups in total. The summed E-state index contributed by atoms with van der Waals surface area (Å²) in [6.45, 7) is 4.02. The Bertz CT molecular complexity index is 1160. The largest absolute Gasteiger partial charge is 0.455 e. The number of urea groups is 1. The maximum absolute atomic E-state index is 14.0. The SMILES string of the molecule is Cc1c(C(NC(=O)Nc2cnc(N3CCC3C)nc2)C(F)(F)F)oc2c(F)cc(F)cc12. The Hall–Kier alpha value is -3.44. The van der Waals surface area contributed by atoms with Gasteiger partial charge in [-0.25, -0.2) is 23.5 Å². The quantitative estimate of drug-likeness (QED) is 0.551. The Morgan fingerprint density at radius 1 is 1.25 bits per heavy atom. The number of hydrogen-bond donors (Lipinski definition) is 2. The van der Waals surface area contributed by atoms with Crippen molar-refractivity contribution in [3.05, 3.63) is 47.5 Å². The molecule has 0 spiro atoms. The summed E-state index contributed by atoms with van der Waals surface area (Å²) >= 11 is 0. The Balaban J connectivity index is 1.55. The van der Waals surface area contributed by atoms with Gasteiger partial charge in [-0.15, -0.1) is 0 Å². The van der Waals surface area contributed by atoms with Crippen LogP contribution in [-0.4, -0.2) is 34.8 Å². The maximum atomic E-state index is 14.0. The lowest BCUT2D eigenvalue weighted by Crippen LogP contribution is -2.46. The number of carbonyl (C=O) groups excluding carboxylic acids is 1. The minimum absolute atomic E-state index is 0.0785. The highest BCUT2D eigenvalue weighted by molar-refractivity contribution is 5.89. The van der Waals surface area contributed by atoms with Gasteiger partial charge in [0.1, 0.15) is 11.6 Å². The molecule has 12 heteroatoms. The predicted molar refractivity (Wildman–Crippen MR) is 105 cm³/mol. The summed E-state index contributed by atoms with van der Waals surface area (Å²) in [6.07, 6.45) is -1.42. The molecule has 170 valence electrons. The van der Waals surface area contributed by atoms with Crippen molar-refractivity contribution < 1.29 is 31.2 Å². The van der Waals surface area contributed by atoms with Crippen molar-refractivity contribution in [3.8, 4) is 0 Å². The molecule has 2 aromatic heterocycles. The zero-order valence-electron chi connectivity index (χ0n) is 16.9. The number of aryl methyl sites for hydroxylation is 1. The number of halogens is 5. The number of amides is 2. The van der Waals surface area contributed by atoms with Gasteiger partial charge in [0.25, 0.3) is 0 Å². The van der Waals surface area contributed by atoms with Gasteiger partial charge in [0, 0.05) is 29.6 Å². The van der Waals surface area contributed by atoms with E-state index in [1.165, 1.54) is 19.3 Å². The van der Waals surface area contributed by atoms with Crippen LogP contribution in [0.1, 0.15) is 30.7 Å². The van der Waals surface area contributed by atoms with Crippen molar-refractivity contribution in [1.29, 1.82) is 0 Å². The Kier molecular flexibility index (Phi) is 5.39. The third-order valence-electron chi connectivity index (χ3n) is 5.33. The molecule has 1 saturated heterocycles. The van der Waals surface area contributed by atoms with Crippen LogP contribution in [0.15, 0.2) is 28.9 Å². The standard InChI is InChI=1S/C20H18F5N5O2/c1-9-3-4-30(9)18-26-7-12(8-27-18)28-19(31)29-17(20(23,24)25)15-10(2)13-5-11(21)6-14(22)16(13)32-15/h5-9,17H,3-4H2,1-2H3,(H2,28,29,31). The highest BCUT2D eigenvalue weighted by atomic mass is 19.4. The van der Waals surface area contributed by atoms with Crippen molar-refractivity contribution in [1.82, 2.24) is 15.3 Å². The van der Waals surface area contributed by atoms with Gasteiger partial charge in [-0.2, -0.15) is 13.2 Å². The minimum atomic E-state index is -4.97. The van der Waals surface area contributed by atoms with E-state index in [0.717, 1.165) is 19.0 Å². The van der Waals surface area contributed by atoms with Crippen LogP contribution in [0.5, 0.6) is 0 Å². The highest BCUT2D eigenvalue weighted by Crippen LogP contribution is 2.39. The van der Waals surface area contributed by atoms with Gasteiger partial charge in [-0.05, 0) is 26.3 Å². The van der Waals surface area contributed by atoms with Crippen molar-refractivity contribution in [3.63, 3.8) is 0 Å². The van der Waals surface area contributed by atoms with E-state index in [9.17, 15) is 26.7 Å². The van der Waals surface area contributed by atoms with Crippen LogP contribution in [0.3, 0.4) is 0 Å². The molecule has 2 amide bonds. The monoisotopic (exact) mass is 455 g/mol. The molecule has 7 nitrogen and oxygen atoms in total. The molecular weight excluding hydrogens is 437 g/mol. The fourth-order valence-corrected chi connectivity index (χ4v) is 3.48. The predicted octanol–water partition coefficient (Wildman–Crippen LogP) is 4.83. The molecule has 1 aliphatic rings. The van der Waals surface area contributed by atoms with Crippen molar-refractivity contribution in [2.75, 3.05) is 16.8 Å². The first kappa shape index (κ1) is 21.8. The van der Waals surface area contributed by atoms with Gasteiger partial charge < -0.3 is 20.0 Å². The van der Waals surface area contributed by atoms with Crippen LogP contribution in [0.4, 0.5) is 38.4 Å². The Labute approximate surface area is 178 Å². The molecular formula is C20H18F5N5O2. The molecule has 1 aliphatic heterocycles. The summed E-state index contributed by atoms with van der Waals surface area (Å²) in [5.41, 5.74) is -0.591. The number of alkyl halides is 3. The van der Waals surface area contributed by atoms with Gasteiger partial charge in [0.2, 0.25) is 5.95 Å². The summed E-state index contributed by atoms with van der Waals surface area (Å²) < 4.78 is 73.7. The first-order valence-corrected chi connectivity index (χ1v) is 9.65. The summed E-state index contributed by atoms with van der Waals surface area (Å²) in [5.74, 6) is -2.40. The molecule has 0 radical (unpaired) electrons. The van der Waals surface area contributed by atoms with E-state index < -0.39 is 41.2 Å². The second-order valence-electron chi connectivity index (χ2n) is 7.53. The second-order valence-corrected chi connectivity index (χ2v) is 7.53. The van der Waals surface area contributed by atoms with E-state index >= 15 is 0 Å². The molecule has 3 heterocycles. The number of rotatable bonds is 4. The summed E-state index contributed by atoms with van der Waals surface area (Å²) in [6, 6.07) is -2.14. The van der Waals surface area contributed by atoms with Gasteiger partial charge in [-0.3, -0.25) is 0 Å². The average Bonchev–Trinajstić information content (AvgIpc) is 3.02. The van der Waals surface area contributed by atoms with Crippen LogP contribution >= 0.6 is 0 Å². The molecule has 2 unspecified atom stereocenters. The van der Waals surface area contributed by atoms with Crippen molar-refractivity contribution in [2.24, 2.45) is 0 Å². The van der Waals surface area contributed by atoms with Crippen LogP contribution in [0.2, 0.25) is 0 Å². The molecule has 1 fully saturated rings. The van der Waals surface area contributed by atoms with E-state index in [1.54, 1.807) is 5.32 Å².